The van der Waals surface area contributed by atoms with E-state index in [9.17, 15) is 0 Å². The predicted molar refractivity (Wildman–Crippen MR) is 190 cm³/mol. The predicted octanol–water partition coefficient (Wildman–Crippen LogP) is 9.61. The Labute approximate surface area is 253 Å². The van der Waals surface area contributed by atoms with Crippen LogP contribution in [0.25, 0.3) is 12.2 Å². The van der Waals surface area contributed by atoms with Crippen molar-refractivity contribution in [3.8, 4) is 12.3 Å². The molecule has 2 nitrogen and oxygen atoms in total. The smallest absolute Gasteiger partial charge is 0.0513 e. The van der Waals surface area contributed by atoms with Gasteiger partial charge in [0.05, 0.1) is 5.69 Å². The zero-order valence-electron chi connectivity index (χ0n) is 27.1. The molecule has 3 rings (SSSR count). The monoisotopic (exact) mass is 572 g/mol. The number of benzene rings is 1. The first kappa shape index (κ1) is 34.5. The lowest BCUT2D eigenvalue weighted by Gasteiger charge is -2.30. The molecule has 2 unspecified atom stereocenters. The molecule has 2 atom stereocenters. The van der Waals surface area contributed by atoms with Gasteiger partial charge in [-0.2, -0.15) is 0 Å². The molecule has 0 amide bonds. The van der Waals surface area contributed by atoms with Crippen molar-refractivity contribution < 1.29 is 0 Å². The number of aromatic nitrogens is 1. The minimum Gasteiger partial charge on any atom is -0.386 e. The van der Waals surface area contributed by atoms with E-state index in [0.717, 1.165) is 17.9 Å². The van der Waals surface area contributed by atoms with E-state index in [2.05, 4.69) is 94.5 Å². The third kappa shape index (κ3) is 11.6. The zero-order chi connectivity index (χ0) is 30.6. The number of allylic oxidation sites excluding steroid dienone is 1. The highest BCUT2D eigenvalue weighted by atomic mass is 32.2. The van der Waals surface area contributed by atoms with Gasteiger partial charge in [0, 0.05) is 35.0 Å². The summed E-state index contributed by atoms with van der Waals surface area (Å²) in [5.74, 6) is 12.2. The maximum atomic E-state index is 5.60. The van der Waals surface area contributed by atoms with Crippen molar-refractivity contribution >= 4 is 33.1 Å². The molecule has 0 aliphatic heterocycles. The van der Waals surface area contributed by atoms with Gasteiger partial charge in [0.15, 0.2) is 0 Å². The van der Waals surface area contributed by atoms with Crippen molar-refractivity contribution in [3.63, 3.8) is 0 Å². The number of nitrogens with zero attached hydrogens (tertiary/aromatic N) is 1. The van der Waals surface area contributed by atoms with Crippen LogP contribution in [0.15, 0.2) is 42.7 Å². The first-order valence-electron chi connectivity index (χ1n) is 15.4. The average Bonchev–Trinajstić information content (AvgIpc) is 2.92. The zero-order valence-corrected chi connectivity index (χ0v) is 27.9. The van der Waals surface area contributed by atoms with E-state index in [0.29, 0.717) is 17.9 Å². The largest absolute Gasteiger partial charge is 0.386 e. The number of pyridine rings is 1. The fourth-order valence-electron chi connectivity index (χ4n) is 5.80. The number of hydrogen-bond donors (Lipinski definition) is 1. The van der Waals surface area contributed by atoms with E-state index < -0.39 is 9.21 Å². The van der Waals surface area contributed by atoms with Gasteiger partial charge in [0.1, 0.15) is 0 Å². The molecule has 2 aromatic rings. The summed E-state index contributed by atoms with van der Waals surface area (Å²) in [6.45, 7) is 15.3. The van der Waals surface area contributed by atoms with E-state index in [1.54, 1.807) is 0 Å². The van der Waals surface area contributed by atoms with Gasteiger partial charge in [-0.25, -0.2) is 9.21 Å². The minimum absolute atomic E-state index is 0.506. The molecule has 1 aromatic carbocycles. The summed E-state index contributed by atoms with van der Waals surface area (Å²) in [5, 5.41) is 3.83. The van der Waals surface area contributed by atoms with E-state index in [4.69, 9.17) is 11.4 Å². The first-order valence-corrected chi connectivity index (χ1v) is 18.2. The standard InChI is InChI=1S/C34H46N2.C4H10S/c1-8-12-33(24(5)9-2)36-26(7)22-32-30(11-4)19-20-35-34(32)31-17-13-27(14-18-31)23-28-15-16-29(10-3)25(6)21-28;1-5(2,3)4/h3,11,15-16,19-22,24,27,31,33,36H,4,8-9,12-14,17-18,23H2,1-2,5-7H3;1-2H2,3-4H3/b26-22+;. The Kier molecular flexibility index (Phi) is 14.0. The molecule has 1 heterocycles. The molecule has 1 aliphatic carbocycles. The molecule has 1 aromatic heterocycles. The van der Waals surface area contributed by atoms with Crippen LogP contribution in [0.5, 0.6) is 0 Å². The number of rotatable bonds is 11. The van der Waals surface area contributed by atoms with E-state index in [1.165, 1.54) is 78.6 Å². The molecule has 224 valence electrons. The molecule has 0 spiro atoms. The van der Waals surface area contributed by atoms with Gasteiger partial charge in [-0.1, -0.05) is 76.1 Å². The molecule has 0 radical (unpaired) electrons. The summed E-state index contributed by atoms with van der Waals surface area (Å²) in [7, 11) is -0.667. The Hall–Kier alpha value is -2.70. The summed E-state index contributed by atoms with van der Waals surface area (Å²) < 4.78 is 0. The Morgan fingerprint density at radius 1 is 1.17 bits per heavy atom. The molecule has 0 bridgehead atoms. The van der Waals surface area contributed by atoms with Crippen molar-refractivity contribution in [2.24, 2.45) is 11.8 Å². The van der Waals surface area contributed by atoms with Crippen molar-refractivity contribution in [2.75, 3.05) is 12.5 Å². The Morgan fingerprint density at radius 3 is 2.37 bits per heavy atom. The van der Waals surface area contributed by atoms with E-state index in [-0.39, 0.29) is 0 Å². The van der Waals surface area contributed by atoms with Crippen LogP contribution < -0.4 is 5.32 Å². The molecular weight excluding hydrogens is 516 g/mol. The molecule has 41 heavy (non-hydrogen) atoms. The van der Waals surface area contributed by atoms with Crippen LogP contribution in [-0.2, 0) is 6.42 Å². The quantitative estimate of drug-likeness (QED) is 0.214. The van der Waals surface area contributed by atoms with Crippen LogP contribution in [0.4, 0.5) is 0 Å². The van der Waals surface area contributed by atoms with Crippen LogP contribution in [0.3, 0.4) is 0 Å². The minimum atomic E-state index is -0.667. The highest BCUT2D eigenvalue weighted by Gasteiger charge is 2.26. The Morgan fingerprint density at radius 2 is 1.83 bits per heavy atom. The van der Waals surface area contributed by atoms with Gasteiger partial charge in [-0.15, -0.1) is 6.42 Å². The summed E-state index contributed by atoms with van der Waals surface area (Å²) >= 11 is 0. The highest BCUT2D eigenvalue weighted by Crippen LogP contribution is 2.39. The van der Waals surface area contributed by atoms with Crippen molar-refractivity contribution in [1.29, 1.82) is 0 Å². The number of terminal acetylenes is 1. The third-order valence-electron chi connectivity index (χ3n) is 8.18. The summed E-state index contributed by atoms with van der Waals surface area (Å²) in [6.07, 6.45) is 25.6. The van der Waals surface area contributed by atoms with Crippen LogP contribution in [0.1, 0.15) is 112 Å². The van der Waals surface area contributed by atoms with Crippen molar-refractivity contribution in [1.82, 2.24) is 10.3 Å². The molecule has 1 saturated carbocycles. The van der Waals surface area contributed by atoms with Gasteiger partial charge >= 0.3 is 0 Å². The molecular formula is C38H56N2S. The lowest BCUT2D eigenvalue weighted by Crippen LogP contribution is -2.33. The number of nitrogens with one attached hydrogen (secondary N) is 1. The maximum absolute atomic E-state index is 5.60. The molecule has 0 saturated heterocycles. The van der Waals surface area contributed by atoms with Gasteiger partial charge in [0.2, 0.25) is 0 Å². The maximum Gasteiger partial charge on any atom is 0.0513 e. The number of aryl methyl sites for hydroxylation is 1. The first-order chi connectivity index (χ1) is 19.4. The van der Waals surface area contributed by atoms with Crippen LogP contribution in [0.2, 0.25) is 0 Å². The third-order valence-corrected chi connectivity index (χ3v) is 8.18. The van der Waals surface area contributed by atoms with Crippen LogP contribution >= 0.6 is 9.21 Å². The van der Waals surface area contributed by atoms with E-state index in [1.807, 2.05) is 24.8 Å². The topological polar surface area (TPSA) is 24.9 Å². The second-order valence-corrected chi connectivity index (χ2v) is 16.2. The molecule has 1 fully saturated rings. The lowest BCUT2D eigenvalue weighted by molar-refractivity contribution is 0.321. The number of hydrogen-bond acceptors (Lipinski definition) is 2. The normalized spacial score (nSPS) is 18.8. The van der Waals surface area contributed by atoms with Crippen LogP contribution in [0, 0.1) is 31.1 Å². The van der Waals surface area contributed by atoms with Gasteiger partial charge in [-0.3, -0.25) is 4.98 Å². The van der Waals surface area contributed by atoms with Crippen LogP contribution in [-0.4, -0.2) is 35.3 Å². The average molecular weight is 573 g/mol. The van der Waals surface area contributed by atoms with Gasteiger partial charge < -0.3 is 5.32 Å². The summed E-state index contributed by atoms with van der Waals surface area (Å²) in [4.78, 5) is 4.93. The highest BCUT2D eigenvalue weighted by molar-refractivity contribution is 8.26. The Bertz CT molecular complexity index is 1290. The van der Waals surface area contributed by atoms with Crippen molar-refractivity contribution in [3.05, 3.63) is 76.2 Å². The molecule has 1 aliphatic rings. The summed E-state index contributed by atoms with van der Waals surface area (Å²) in [6, 6.07) is 9.20. The SMILES string of the molecule is C#Cc1ccc(CC2CCC(c3nccc(C=C)c3/C=C(\C)NC(CCC)C(C)CC)CC2)cc1C.C=S(=C)(C)C. The Balaban J connectivity index is 0.00000108. The molecule has 3 heteroatoms. The van der Waals surface area contributed by atoms with Gasteiger partial charge in [-0.05, 0) is 112 Å². The fourth-order valence-corrected chi connectivity index (χ4v) is 5.80. The lowest BCUT2D eigenvalue weighted by atomic mass is 9.76. The van der Waals surface area contributed by atoms with Gasteiger partial charge in [0.25, 0.3) is 0 Å². The summed E-state index contributed by atoms with van der Waals surface area (Å²) in [5.41, 5.74) is 8.54. The van der Waals surface area contributed by atoms with Crippen molar-refractivity contribution in [2.45, 2.75) is 97.9 Å². The second kappa shape index (κ2) is 16.7. The second-order valence-electron chi connectivity index (χ2n) is 12.6. The molecule has 1 N–H and O–H groups in total. The van der Waals surface area contributed by atoms with E-state index >= 15 is 0 Å². The fraction of sp³-hybridized carbons (Fsp3) is 0.500.